The summed E-state index contributed by atoms with van der Waals surface area (Å²) in [6, 6.07) is 0. The van der Waals surface area contributed by atoms with Gasteiger partial charge in [-0.3, -0.25) is 9.35 Å². The van der Waals surface area contributed by atoms with Crippen LogP contribution in [0.15, 0.2) is 0 Å². The van der Waals surface area contributed by atoms with Gasteiger partial charge in [-0.25, -0.2) is 0 Å². The van der Waals surface area contributed by atoms with Crippen molar-refractivity contribution in [2.45, 2.75) is 121 Å². The van der Waals surface area contributed by atoms with Crippen molar-refractivity contribution in [2.75, 3.05) is 40.3 Å². The third-order valence-corrected chi connectivity index (χ3v) is 7.73. The lowest BCUT2D eigenvalue weighted by molar-refractivity contribution is -0.890. The second-order valence-corrected chi connectivity index (χ2v) is 12.3. The van der Waals surface area contributed by atoms with Crippen LogP contribution in [0.3, 0.4) is 0 Å². The second-order valence-electron chi connectivity index (χ2n) is 10.6. The van der Waals surface area contributed by atoms with Crippen molar-refractivity contribution in [1.29, 1.82) is 0 Å². The molecule has 0 aliphatic heterocycles. The maximum absolute atomic E-state index is 12.0. The zero-order chi connectivity index (χ0) is 25.7. The highest BCUT2D eigenvalue weighted by Gasteiger charge is 2.30. The molecular weight excluding hydrogens is 452 g/mol. The van der Waals surface area contributed by atoms with E-state index in [1.54, 1.807) is 0 Å². The van der Waals surface area contributed by atoms with E-state index in [2.05, 4.69) is 12.2 Å². The average molecular weight is 508 g/mol. The highest BCUT2D eigenvalue weighted by Crippen LogP contribution is 2.14. The summed E-state index contributed by atoms with van der Waals surface area (Å²) in [7, 11) is -0.552. The molecule has 0 aromatic rings. The van der Waals surface area contributed by atoms with Crippen LogP contribution < -0.4 is 5.32 Å². The molecule has 0 radical (unpaired) electrons. The van der Waals surface area contributed by atoms with Gasteiger partial charge in [-0.05, 0) is 6.42 Å². The normalized spacial score (nSPS) is 13.2. The topological polar surface area (TPSA) is 104 Å². The monoisotopic (exact) mass is 507 g/mol. The van der Waals surface area contributed by atoms with Crippen LogP contribution in [-0.2, 0) is 14.9 Å². The van der Waals surface area contributed by atoms with Gasteiger partial charge < -0.3 is 14.9 Å². The fourth-order valence-electron chi connectivity index (χ4n) is 4.37. The molecule has 0 bridgehead atoms. The van der Waals surface area contributed by atoms with Gasteiger partial charge in [0.1, 0.15) is 0 Å². The van der Waals surface area contributed by atoms with Gasteiger partial charge in [-0.15, -0.1) is 0 Å². The maximum Gasteiger partial charge on any atom is 0.275 e. The Labute approximate surface area is 210 Å². The third kappa shape index (κ3) is 20.7. The molecule has 8 heteroatoms. The Balaban J connectivity index is 3.55. The minimum atomic E-state index is -4.26. The summed E-state index contributed by atoms with van der Waals surface area (Å²) in [5.41, 5.74) is 0. The molecule has 34 heavy (non-hydrogen) atoms. The molecule has 0 saturated heterocycles. The molecule has 3 N–H and O–H groups in total. The molecule has 1 amide bonds. The van der Waals surface area contributed by atoms with E-state index in [9.17, 15) is 18.3 Å². The SMILES string of the molecule is CCCCCCCCCCCCCCCCCC(=O)NCCC[N+](C)(C)CC(CO)S(=O)(=O)O. The minimum absolute atomic E-state index is 0.0752. The van der Waals surface area contributed by atoms with E-state index in [1.807, 2.05) is 14.1 Å². The number of hydrogen-bond donors (Lipinski definition) is 3. The number of carbonyl (C=O) groups excluding carboxylic acids is 1. The molecule has 0 heterocycles. The molecule has 0 aromatic heterocycles. The van der Waals surface area contributed by atoms with Gasteiger partial charge in [0.2, 0.25) is 5.91 Å². The molecule has 0 aromatic carbocycles. The summed E-state index contributed by atoms with van der Waals surface area (Å²) >= 11 is 0. The van der Waals surface area contributed by atoms with Gasteiger partial charge in [0.15, 0.2) is 5.25 Å². The van der Waals surface area contributed by atoms with E-state index in [0.29, 0.717) is 30.4 Å². The third-order valence-electron chi connectivity index (χ3n) is 6.59. The summed E-state index contributed by atoms with van der Waals surface area (Å²) in [4.78, 5) is 12.0. The highest BCUT2D eigenvalue weighted by atomic mass is 32.2. The number of rotatable bonds is 24. The van der Waals surface area contributed by atoms with Crippen molar-refractivity contribution in [3.63, 3.8) is 0 Å². The molecule has 1 unspecified atom stereocenters. The Morgan fingerprint density at radius 2 is 1.24 bits per heavy atom. The first kappa shape index (κ1) is 33.3. The fourth-order valence-corrected chi connectivity index (χ4v) is 5.15. The highest BCUT2D eigenvalue weighted by molar-refractivity contribution is 7.86. The van der Waals surface area contributed by atoms with Crippen LogP contribution in [0.2, 0.25) is 0 Å². The van der Waals surface area contributed by atoms with Crippen LogP contribution in [-0.4, -0.2) is 74.1 Å². The molecule has 0 saturated carbocycles. The van der Waals surface area contributed by atoms with E-state index >= 15 is 0 Å². The van der Waals surface area contributed by atoms with Gasteiger partial charge in [0, 0.05) is 19.4 Å². The second kappa shape index (κ2) is 20.5. The molecule has 204 valence electrons. The van der Waals surface area contributed by atoms with Crippen LogP contribution in [0.4, 0.5) is 0 Å². The number of nitrogens with one attached hydrogen (secondary N) is 1. The number of nitrogens with zero attached hydrogens (tertiary/aromatic N) is 1. The maximum atomic E-state index is 12.0. The molecule has 1 atom stereocenters. The zero-order valence-corrected chi connectivity index (χ0v) is 23.2. The molecule has 7 nitrogen and oxygen atoms in total. The number of aliphatic hydroxyl groups excluding tert-OH is 1. The van der Waals surface area contributed by atoms with Crippen molar-refractivity contribution in [3.8, 4) is 0 Å². The first-order valence-corrected chi connectivity index (χ1v) is 15.3. The quantitative estimate of drug-likeness (QED) is 0.0960. The van der Waals surface area contributed by atoms with E-state index in [0.717, 1.165) is 12.8 Å². The van der Waals surface area contributed by atoms with Crippen LogP contribution in [0.1, 0.15) is 116 Å². The molecule has 0 fully saturated rings. The van der Waals surface area contributed by atoms with Crippen LogP contribution >= 0.6 is 0 Å². The Bertz CT molecular complexity index is 596. The Kier molecular flexibility index (Phi) is 20.1. The van der Waals surface area contributed by atoms with Crippen LogP contribution in [0.25, 0.3) is 0 Å². The zero-order valence-electron chi connectivity index (χ0n) is 22.4. The lowest BCUT2D eigenvalue weighted by Gasteiger charge is -2.32. The van der Waals surface area contributed by atoms with Crippen molar-refractivity contribution in [3.05, 3.63) is 0 Å². The first-order chi connectivity index (χ1) is 16.1. The van der Waals surface area contributed by atoms with Crippen molar-refractivity contribution >= 4 is 16.0 Å². The standard InChI is InChI=1S/C26H54N2O5S/c1-4-5-6-7-8-9-10-11-12-13-14-15-16-17-18-20-26(30)27-21-19-22-28(2,3)23-25(24-29)34(31,32)33/h25,29H,4-24H2,1-3H3,(H-,27,30,31,32,33)/p+1. The smallest absolute Gasteiger partial charge is 0.275 e. The van der Waals surface area contributed by atoms with Gasteiger partial charge in [-0.1, -0.05) is 96.8 Å². The predicted octanol–water partition coefficient (Wildman–Crippen LogP) is 5.08. The lowest BCUT2D eigenvalue weighted by atomic mass is 10.0. The number of unbranched alkanes of at least 4 members (excludes halogenated alkanes) is 14. The van der Waals surface area contributed by atoms with Crippen molar-refractivity contribution in [2.24, 2.45) is 0 Å². The summed E-state index contributed by atoms with van der Waals surface area (Å²) < 4.78 is 32.0. The molecule has 0 spiro atoms. The number of quaternary nitrogens is 1. The van der Waals surface area contributed by atoms with Gasteiger partial charge in [-0.2, -0.15) is 8.42 Å². The Hall–Kier alpha value is -0.700. The molecule has 0 rings (SSSR count). The van der Waals surface area contributed by atoms with E-state index in [-0.39, 0.29) is 12.5 Å². The van der Waals surface area contributed by atoms with Crippen LogP contribution in [0.5, 0.6) is 0 Å². The largest absolute Gasteiger partial charge is 0.395 e. The number of carbonyl (C=O) groups is 1. The summed E-state index contributed by atoms with van der Waals surface area (Å²) in [5.74, 6) is 0.0752. The van der Waals surface area contributed by atoms with E-state index in [4.69, 9.17) is 4.55 Å². The lowest BCUT2D eigenvalue weighted by Crippen LogP contribution is -2.49. The van der Waals surface area contributed by atoms with Crippen LogP contribution in [0, 0.1) is 0 Å². The van der Waals surface area contributed by atoms with E-state index in [1.165, 1.54) is 83.5 Å². The summed E-state index contributed by atoms with van der Waals surface area (Å²) in [6.07, 6.45) is 20.9. The predicted molar refractivity (Wildman–Crippen MR) is 141 cm³/mol. The number of hydrogen-bond acceptors (Lipinski definition) is 4. The Morgan fingerprint density at radius 3 is 1.65 bits per heavy atom. The summed E-state index contributed by atoms with van der Waals surface area (Å²) in [6.45, 7) is 2.98. The molecular formula is C26H55N2O5S+. The average Bonchev–Trinajstić information content (AvgIpc) is 2.77. The first-order valence-electron chi connectivity index (χ1n) is 13.8. The minimum Gasteiger partial charge on any atom is -0.395 e. The van der Waals surface area contributed by atoms with Gasteiger partial charge in [0.05, 0.1) is 33.8 Å². The van der Waals surface area contributed by atoms with Gasteiger partial charge >= 0.3 is 0 Å². The van der Waals surface area contributed by atoms with Crippen molar-refractivity contribution in [1.82, 2.24) is 5.32 Å². The summed E-state index contributed by atoms with van der Waals surface area (Å²) in [5, 5.41) is 11.0. The Morgan fingerprint density at radius 1 is 0.794 bits per heavy atom. The van der Waals surface area contributed by atoms with Crippen molar-refractivity contribution < 1.29 is 27.4 Å². The van der Waals surface area contributed by atoms with Gasteiger partial charge in [0.25, 0.3) is 10.1 Å². The number of aliphatic hydroxyl groups is 1. The van der Waals surface area contributed by atoms with E-state index < -0.39 is 22.0 Å². The fraction of sp³-hybridized carbons (Fsp3) is 0.962. The molecule has 0 aliphatic rings. The molecule has 0 aliphatic carbocycles. The number of amides is 1.